The molecule has 10 nitrogen and oxygen atoms in total. The van der Waals surface area contributed by atoms with E-state index in [9.17, 15) is 31.4 Å². The second-order valence-corrected chi connectivity index (χ2v) is 8.80. The molecule has 1 aliphatic carbocycles. The molecule has 1 aliphatic rings. The fraction of sp³-hybridized carbons (Fsp3) is 0.364. The number of carboxylic acid groups (broad SMARTS) is 2. The van der Waals surface area contributed by atoms with Gasteiger partial charge in [-0.15, -0.1) is 0 Å². The average Bonchev–Trinajstić information content (AvgIpc) is 3.58. The highest BCUT2D eigenvalue weighted by Gasteiger charge is 2.38. The molecule has 0 spiro atoms. The molecule has 5 N–H and O–H groups in total. The van der Waals surface area contributed by atoms with E-state index in [-0.39, 0.29) is 6.61 Å². The normalized spacial score (nSPS) is 13.9. The monoisotopic (exact) mass is 630 g/mol. The molecule has 0 saturated heterocycles. The number of nitrogens with one attached hydrogen (secondary N) is 2. The smallest absolute Gasteiger partial charge is 0.490 e. The summed E-state index contributed by atoms with van der Waals surface area (Å²) in [5, 5.41) is 27.4. The summed E-state index contributed by atoms with van der Waals surface area (Å²) in [6.07, 6.45) is -6.51. The lowest BCUT2D eigenvalue weighted by atomic mass is 10.2. The number of carboxylic acids is 2. The van der Waals surface area contributed by atoms with Gasteiger partial charge in [0.1, 0.15) is 24.3 Å². The van der Waals surface area contributed by atoms with Crippen LogP contribution in [-0.2, 0) is 9.59 Å². The van der Waals surface area contributed by atoms with Crippen LogP contribution in [0.15, 0.2) is 41.0 Å². The SMILES string of the molecule is O=C(O)C(F)(F)F.O=C(O)C(F)(F)F.OC(CNC1CC1)COc1ccc(-c2nc3ncc(Br)cc3[nH]2)cc1. The number of hydrogen-bond donors (Lipinski definition) is 5. The molecule has 2 heterocycles. The lowest BCUT2D eigenvalue weighted by molar-refractivity contribution is -0.193. The van der Waals surface area contributed by atoms with Gasteiger partial charge in [0.2, 0.25) is 0 Å². The number of aliphatic hydroxyl groups is 1. The Hall–Kier alpha value is -3.44. The van der Waals surface area contributed by atoms with E-state index >= 15 is 0 Å². The Morgan fingerprint density at radius 3 is 2.10 bits per heavy atom. The number of halogens is 7. The number of fused-ring (bicyclic) bond motifs is 1. The van der Waals surface area contributed by atoms with Crippen LogP contribution in [0.1, 0.15) is 12.8 Å². The second-order valence-electron chi connectivity index (χ2n) is 7.89. The van der Waals surface area contributed by atoms with E-state index in [1.807, 2.05) is 30.3 Å². The Kier molecular flexibility index (Phi) is 11.1. The summed E-state index contributed by atoms with van der Waals surface area (Å²) in [5.74, 6) is -4.02. The Bertz CT molecular complexity index is 1220. The molecular formula is C22H21BrF6N4O6. The van der Waals surface area contributed by atoms with Crippen LogP contribution in [0.5, 0.6) is 5.75 Å². The number of aliphatic carboxylic acids is 2. The molecule has 4 rings (SSSR count). The van der Waals surface area contributed by atoms with E-state index in [1.165, 1.54) is 12.8 Å². The molecular weight excluding hydrogens is 610 g/mol. The minimum Gasteiger partial charge on any atom is -0.491 e. The Balaban J connectivity index is 0.000000317. The van der Waals surface area contributed by atoms with Crippen LogP contribution in [0, 0.1) is 0 Å². The standard InChI is InChI=1S/C18H19BrN4O2.2C2HF3O2/c19-12-7-16-18(21-8-12)23-17(22-16)11-1-5-15(6-2-11)25-10-14(24)9-20-13-3-4-13;2*3-2(4,5)1(6)7/h1-2,5-8,13-14,20,24H,3-4,9-10H2,(H,21,22,23);2*(H,6,7). The maximum absolute atomic E-state index is 10.6. The second kappa shape index (κ2) is 13.6. The zero-order valence-corrected chi connectivity index (χ0v) is 21.1. The summed E-state index contributed by atoms with van der Waals surface area (Å²) in [4.78, 5) is 29.8. The van der Waals surface area contributed by atoms with E-state index < -0.39 is 30.4 Å². The van der Waals surface area contributed by atoms with Crippen LogP contribution < -0.4 is 10.1 Å². The number of rotatable bonds is 7. The first-order chi connectivity index (χ1) is 18.1. The number of benzene rings is 1. The number of nitrogens with zero attached hydrogens (tertiary/aromatic N) is 2. The van der Waals surface area contributed by atoms with Gasteiger partial charge in [0, 0.05) is 28.8 Å². The van der Waals surface area contributed by atoms with Gasteiger partial charge in [-0.25, -0.2) is 19.6 Å². The van der Waals surface area contributed by atoms with E-state index in [4.69, 9.17) is 24.5 Å². The number of imidazole rings is 1. The maximum Gasteiger partial charge on any atom is 0.490 e. The van der Waals surface area contributed by atoms with Crippen LogP contribution in [0.3, 0.4) is 0 Å². The molecule has 3 aromatic rings. The Labute approximate surface area is 224 Å². The number of H-pyrrole nitrogens is 1. The number of alkyl halides is 6. The predicted octanol–water partition coefficient (Wildman–Crippen LogP) is 4.15. The van der Waals surface area contributed by atoms with Gasteiger partial charge in [-0.3, -0.25) is 0 Å². The molecule has 1 fully saturated rings. The van der Waals surface area contributed by atoms with E-state index in [0.717, 1.165) is 27.1 Å². The first-order valence-electron chi connectivity index (χ1n) is 10.8. The van der Waals surface area contributed by atoms with Crippen molar-refractivity contribution in [2.45, 2.75) is 37.3 Å². The number of ether oxygens (including phenoxy) is 1. The van der Waals surface area contributed by atoms with Crippen molar-refractivity contribution in [2.75, 3.05) is 13.2 Å². The molecule has 214 valence electrons. The highest BCUT2D eigenvalue weighted by atomic mass is 79.9. The minimum atomic E-state index is -5.08. The van der Waals surface area contributed by atoms with Gasteiger partial charge in [-0.05, 0) is 59.1 Å². The van der Waals surface area contributed by atoms with Crippen LogP contribution in [0.25, 0.3) is 22.6 Å². The molecule has 1 unspecified atom stereocenters. The number of hydrogen-bond acceptors (Lipinski definition) is 7. The van der Waals surface area contributed by atoms with Crippen molar-refractivity contribution in [3.05, 3.63) is 41.0 Å². The zero-order chi connectivity index (χ0) is 29.4. The molecule has 2 aromatic heterocycles. The van der Waals surface area contributed by atoms with Crippen molar-refractivity contribution in [2.24, 2.45) is 0 Å². The van der Waals surface area contributed by atoms with Gasteiger partial charge in [-0.1, -0.05) is 0 Å². The van der Waals surface area contributed by atoms with Crippen molar-refractivity contribution >= 4 is 39.0 Å². The average molecular weight is 631 g/mol. The van der Waals surface area contributed by atoms with Crippen LogP contribution in [0.2, 0.25) is 0 Å². The van der Waals surface area contributed by atoms with Gasteiger partial charge in [0.25, 0.3) is 0 Å². The lowest BCUT2D eigenvalue weighted by Crippen LogP contribution is -2.32. The molecule has 1 aromatic carbocycles. The summed E-state index contributed by atoms with van der Waals surface area (Å²) < 4.78 is 70.0. The molecule has 17 heteroatoms. The summed E-state index contributed by atoms with van der Waals surface area (Å²) in [6.45, 7) is 0.853. The molecule has 0 bridgehead atoms. The number of pyridine rings is 1. The fourth-order valence-electron chi connectivity index (χ4n) is 2.56. The van der Waals surface area contributed by atoms with E-state index in [1.54, 1.807) is 6.20 Å². The summed E-state index contributed by atoms with van der Waals surface area (Å²) in [5.41, 5.74) is 2.53. The summed E-state index contributed by atoms with van der Waals surface area (Å²) in [7, 11) is 0. The number of aliphatic hydroxyl groups excluding tert-OH is 1. The van der Waals surface area contributed by atoms with Crippen molar-refractivity contribution in [1.82, 2.24) is 20.3 Å². The highest BCUT2D eigenvalue weighted by molar-refractivity contribution is 9.10. The first-order valence-corrected chi connectivity index (χ1v) is 11.6. The van der Waals surface area contributed by atoms with Gasteiger partial charge in [0.05, 0.1) is 5.52 Å². The molecule has 1 saturated carbocycles. The first kappa shape index (κ1) is 31.8. The van der Waals surface area contributed by atoms with Crippen LogP contribution in [-0.4, -0.2) is 79.9 Å². The number of carbonyl (C=O) groups is 2. The van der Waals surface area contributed by atoms with Gasteiger partial charge in [0.15, 0.2) is 5.65 Å². The molecule has 0 radical (unpaired) electrons. The maximum atomic E-state index is 10.6. The van der Waals surface area contributed by atoms with Crippen molar-refractivity contribution in [3.63, 3.8) is 0 Å². The number of aromatic amines is 1. The van der Waals surface area contributed by atoms with E-state index in [2.05, 4.69) is 36.2 Å². The predicted molar refractivity (Wildman–Crippen MR) is 127 cm³/mol. The molecule has 0 amide bonds. The third-order valence-electron chi connectivity index (χ3n) is 4.58. The quantitative estimate of drug-likeness (QED) is 0.242. The summed E-state index contributed by atoms with van der Waals surface area (Å²) in [6, 6.07) is 10.2. The van der Waals surface area contributed by atoms with E-state index in [0.29, 0.717) is 18.2 Å². The van der Waals surface area contributed by atoms with Crippen molar-refractivity contribution in [1.29, 1.82) is 0 Å². The highest BCUT2D eigenvalue weighted by Crippen LogP contribution is 2.24. The summed E-state index contributed by atoms with van der Waals surface area (Å²) >= 11 is 3.41. The third-order valence-corrected chi connectivity index (χ3v) is 5.01. The lowest BCUT2D eigenvalue weighted by Gasteiger charge is -2.13. The van der Waals surface area contributed by atoms with Gasteiger partial charge in [-0.2, -0.15) is 26.3 Å². The molecule has 0 aliphatic heterocycles. The van der Waals surface area contributed by atoms with Crippen LogP contribution >= 0.6 is 15.9 Å². The minimum absolute atomic E-state index is 0.279. The topological polar surface area (TPSA) is 158 Å². The van der Waals surface area contributed by atoms with Crippen molar-refractivity contribution < 1.29 is 56.0 Å². The Morgan fingerprint density at radius 1 is 1.08 bits per heavy atom. The van der Waals surface area contributed by atoms with Crippen molar-refractivity contribution in [3.8, 4) is 17.1 Å². The zero-order valence-electron chi connectivity index (χ0n) is 19.6. The number of aromatic nitrogens is 3. The van der Waals surface area contributed by atoms with Gasteiger partial charge < -0.3 is 30.4 Å². The molecule has 1 atom stereocenters. The molecule has 39 heavy (non-hydrogen) atoms. The largest absolute Gasteiger partial charge is 0.491 e. The fourth-order valence-corrected chi connectivity index (χ4v) is 2.89. The van der Waals surface area contributed by atoms with Gasteiger partial charge >= 0.3 is 24.3 Å². The third kappa shape index (κ3) is 11.5. The Morgan fingerprint density at radius 2 is 1.62 bits per heavy atom. The van der Waals surface area contributed by atoms with Crippen LogP contribution in [0.4, 0.5) is 26.3 Å².